The van der Waals surface area contributed by atoms with Crippen molar-refractivity contribution >= 4 is 28.8 Å². The van der Waals surface area contributed by atoms with Crippen molar-refractivity contribution in [3.05, 3.63) is 33.7 Å². The highest BCUT2D eigenvalue weighted by molar-refractivity contribution is 7.17. The van der Waals surface area contributed by atoms with Gasteiger partial charge in [-0.1, -0.05) is 11.6 Å². The Hall–Kier alpha value is -1.86. The van der Waals surface area contributed by atoms with Gasteiger partial charge >= 0.3 is 0 Å². The molecule has 1 unspecified atom stereocenters. The van der Waals surface area contributed by atoms with E-state index in [1.165, 1.54) is 18.4 Å². The number of hydrogen-bond donors (Lipinski definition) is 0. The summed E-state index contributed by atoms with van der Waals surface area (Å²) in [4.78, 5) is 23.2. The van der Waals surface area contributed by atoms with E-state index < -0.39 is 0 Å². The van der Waals surface area contributed by atoms with E-state index in [4.69, 9.17) is 21.1 Å². The van der Waals surface area contributed by atoms with Crippen molar-refractivity contribution in [2.24, 2.45) is 0 Å². The van der Waals surface area contributed by atoms with Crippen LogP contribution in [0.4, 0.5) is 0 Å². The Bertz CT molecular complexity index is 694. The van der Waals surface area contributed by atoms with Crippen LogP contribution >= 0.6 is 22.9 Å². The number of thiophene rings is 1. The highest BCUT2D eigenvalue weighted by Gasteiger charge is 2.27. The summed E-state index contributed by atoms with van der Waals surface area (Å²) in [6.45, 7) is 1.22. The maximum atomic E-state index is 12.5. The summed E-state index contributed by atoms with van der Waals surface area (Å²) in [5.41, 5.74) is 0. The number of halogens is 1. The number of nitrogens with zero attached hydrogens (tertiary/aromatic N) is 3. The predicted molar refractivity (Wildman–Crippen MR) is 87.5 cm³/mol. The van der Waals surface area contributed by atoms with Crippen LogP contribution in [-0.2, 0) is 0 Å². The van der Waals surface area contributed by atoms with E-state index in [1.54, 1.807) is 29.4 Å². The number of piperidine rings is 1. The van der Waals surface area contributed by atoms with Gasteiger partial charge in [0.1, 0.15) is 6.10 Å². The SMILES string of the molecule is COc1nccnc1OC1CCCN(C(=O)c2ccc(Cl)s2)C1. The molecule has 2 aromatic heterocycles. The number of carbonyl (C=O) groups is 1. The van der Waals surface area contributed by atoms with E-state index in [0.717, 1.165) is 12.8 Å². The van der Waals surface area contributed by atoms with Crippen LogP contribution in [0.2, 0.25) is 4.34 Å². The number of methoxy groups -OCH3 is 1. The summed E-state index contributed by atoms with van der Waals surface area (Å²) >= 11 is 7.20. The van der Waals surface area contributed by atoms with Crippen molar-refractivity contribution in [1.29, 1.82) is 0 Å². The molecule has 0 spiro atoms. The van der Waals surface area contributed by atoms with Gasteiger partial charge in [-0.3, -0.25) is 4.79 Å². The molecule has 1 amide bonds. The maximum Gasteiger partial charge on any atom is 0.278 e. The fourth-order valence-electron chi connectivity index (χ4n) is 2.50. The van der Waals surface area contributed by atoms with Crippen molar-refractivity contribution in [1.82, 2.24) is 14.9 Å². The lowest BCUT2D eigenvalue weighted by Gasteiger charge is -2.32. The predicted octanol–water partition coefficient (Wildman–Crippen LogP) is 2.88. The third kappa shape index (κ3) is 3.73. The number of rotatable bonds is 4. The summed E-state index contributed by atoms with van der Waals surface area (Å²) in [6.07, 6.45) is 4.70. The molecule has 0 bridgehead atoms. The number of amides is 1. The quantitative estimate of drug-likeness (QED) is 0.845. The van der Waals surface area contributed by atoms with E-state index in [9.17, 15) is 4.79 Å². The Morgan fingerprint density at radius 2 is 2.13 bits per heavy atom. The molecule has 0 aromatic carbocycles. The number of ether oxygens (including phenoxy) is 2. The first-order valence-electron chi connectivity index (χ1n) is 7.23. The topological polar surface area (TPSA) is 64.6 Å². The summed E-state index contributed by atoms with van der Waals surface area (Å²) < 4.78 is 11.6. The van der Waals surface area contributed by atoms with Gasteiger partial charge in [-0.2, -0.15) is 0 Å². The first kappa shape index (κ1) is 16.0. The Morgan fingerprint density at radius 1 is 1.35 bits per heavy atom. The normalized spacial score (nSPS) is 17.8. The highest BCUT2D eigenvalue weighted by atomic mass is 35.5. The van der Waals surface area contributed by atoms with E-state index in [1.807, 2.05) is 0 Å². The monoisotopic (exact) mass is 353 g/mol. The van der Waals surface area contributed by atoms with Crippen LogP contribution in [0.25, 0.3) is 0 Å². The fourth-order valence-corrected chi connectivity index (χ4v) is 3.51. The van der Waals surface area contributed by atoms with Crippen LogP contribution in [0.1, 0.15) is 22.5 Å². The largest absolute Gasteiger partial charge is 0.477 e. The molecule has 122 valence electrons. The Labute approximate surface area is 143 Å². The molecule has 3 heterocycles. The number of aromatic nitrogens is 2. The van der Waals surface area contributed by atoms with Crippen LogP contribution in [0.3, 0.4) is 0 Å². The van der Waals surface area contributed by atoms with Gasteiger partial charge in [-0.25, -0.2) is 9.97 Å². The minimum absolute atomic E-state index is 0.0127. The zero-order chi connectivity index (χ0) is 16.2. The number of hydrogen-bond acceptors (Lipinski definition) is 6. The zero-order valence-electron chi connectivity index (χ0n) is 12.6. The molecular formula is C15H16ClN3O3S. The highest BCUT2D eigenvalue weighted by Crippen LogP contribution is 2.26. The van der Waals surface area contributed by atoms with E-state index in [0.29, 0.717) is 34.1 Å². The van der Waals surface area contributed by atoms with E-state index in [-0.39, 0.29) is 12.0 Å². The van der Waals surface area contributed by atoms with Gasteiger partial charge in [0.15, 0.2) is 0 Å². The van der Waals surface area contributed by atoms with Gasteiger partial charge in [0.2, 0.25) is 0 Å². The molecule has 2 aromatic rings. The van der Waals surface area contributed by atoms with Gasteiger partial charge in [0.05, 0.1) is 22.9 Å². The zero-order valence-corrected chi connectivity index (χ0v) is 14.1. The molecule has 1 fully saturated rings. The third-order valence-electron chi connectivity index (χ3n) is 3.55. The molecule has 6 nitrogen and oxygen atoms in total. The van der Waals surface area contributed by atoms with Crippen molar-refractivity contribution in [2.75, 3.05) is 20.2 Å². The smallest absolute Gasteiger partial charge is 0.278 e. The second kappa shape index (κ2) is 7.14. The fraction of sp³-hybridized carbons (Fsp3) is 0.400. The summed E-state index contributed by atoms with van der Waals surface area (Å²) in [5, 5.41) is 0. The standard InChI is InChI=1S/C15H16ClN3O3S/c1-21-13-14(18-7-6-17-13)22-10-3-2-8-19(9-10)15(20)11-4-5-12(16)23-11/h4-7,10H,2-3,8-9H2,1H3. The Morgan fingerprint density at radius 3 is 2.83 bits per heavy atom. The molecule has 0 saturated carbocycles. The lowest BCUT2D eigenvalue weighted by atomic mass is 10.1. The third-order valence-corrected chi connectivity index (χ3v) is 4.77. The summed E-state index contributed by atoms with van der Waals surface area (Å²) in [5.74, 6) is 0.691. The van der Waals surface area contributed by atoms with Crippen LogP contribution in [0.5, 0.6) is 11.8 Å². The minimum atomic E-state index is -0.131. The second-order valence-corrected chi connectivity index (χ2v) is 6.82. The van der Waals surface area contributed by atoms with Crippen molar-refractivity contribution in [3.8, 4) is 11.8 Å². The second-order valence-electron chi connectivity index (χ2n) is 5.11. The Balaban J connectivity index is 1.67. The van der Waals surface area contributed by atoms with E-state index >= 15 is 0 Å². The number of carbonyl (C=O) groups excluding carboxylic acids is 1. The molecule has 0 N–H and O–H groups in total. The van der Waals surface area contributed by atoms with Crippen LogP contribution in [-0.4, -0.2) is 47.1 Å². The van der Waals surface area contributed by atoms with E-state index in [2.05, 4.69) is 9.97 Å². The molecule has 0 aliphatic carbocycles. The maximum absolute atomic E-state index is 12.5. The van der Waals surface area contributed by atoms with Gasteiger partial charge in [-0.05, 0) is 25.0 Å². The molecule has 1 aliphatic heterocycles. The molecule has 1 aliphatic rings. The van der Waals surface area contributed by atoms with Crippen LogP contribution in [0.15, 0.2) is 24.5 Å². The first-order valence-corrected chi connectivity index (χ1v) is 8.43. The molecule has 23 heavy (non-hydrogen) atoms. The van der Waals surface area contributed by atoms with Gasteiger partial charge < -0.3 is 14.4 Å². The average molecular weight is 354 g/mol. The van der Waals surface area contributed by atoms with Crippen molar-refractivity contribution in [2.45, 2.75) is 18.9 Å². The van der Waals surface area contributed by atoms with Gasteiger partial charge in [-0.15, -0.1) is 11.3 Å². The first-order chi connectivity index (χ1) is 11.2. The minimum Gasteiger partial charge on any atom is -0.477 e. The lowest BCUT2D eigenvalue weighted by Crippen LogP contribution is -2.44. The van der Waals surface area contributed by atoms with Crippen molar-refractivity contribution in [3.63, 3.8) is 0 Å². The van der Waals surface area contributed by atoms with Gasteiger partial charge in [0.25, 0.3) is 17.7 Å². The molecule has 1 atom stereocenters. The lowest BCUT2D eigenvalue weighted by molar-refractivity contribution is 0.0523. The Kier molecular flexibility index (Phi) is 4.97. The summed E-state index contributed by atoms with van der Waals surface area (Å²) in [7, 11) is 1.52. The van der Waals surface area contributed by atoms with Crippen LogP contribution in [0, 0.1) is 0 Å². The number of likely N-dealkylation sites (tertiary alicyclic amines) is 1. The molecule has 1 saturated heterocycles. The molecule has 8 heteroatoms. The average Bonchev–Trinajstić information content (AvgIpc) is 3.01. The van der Waals surface area contributed by atoms with Gasteiger partial charge in [0, 0.05) is 18.9 Å². The summed E-state index contributed by atoms with van der Waals surface area (Å²) in [6, 6.07) is 3.49. The van der Waals surface area contributed by atoms with Crippen LogP contribution < -0.4 is 9.47 Å². The molecule has 0 radical (unpaired) electrons. The molecule has 3 rings (SSSR count). The van der Waals surface area contributed by atoms with Crippen molar-refractivity contribution < 1.29 is 14.3 Å². The molecular weight excluding hydrogens is 338 g/mol.